The molecule has 1 aliphatic rings. The van der Waals surface area contributed by atoms with Gasteiger partial charge in [-0.3, -0.25) is 14.4 Å². The van der Waals surface area contributed by atoms with Gasteiger partial charge in [0.05, 0.1) is 5.39 Å². The first-order chi connectivity index (χ1) is 17.5. The summed E-state index contributed by atoms with van der Waals surface area (Å²) in [5, 5.41) is 3.01. The van der Waals surface area contributed by atoms with Gasteiger partial charge in [-0.15, -0.1) is 0 Å². The number of amides is 2. The highest BCUT2D eigenvalue weighted by molar-refractivity contribution is 5.96. The van der Waals surface area contributed by atoms with E-state index in [1.54, 1.807) is 35.2 Å². The molecule has 1 saturated heterocycles. The Bertz CT molecular complexity index is 1480. The number of anilines is 2. The lowest BCUT2D eigenvalue weighted by Gasteiger charge is -2.16. The Kier molecular flexibility index (Phi) is 6.36. The zero-order chi connectivity index (χ0) is 25.1. The molecule has 1 N–H and O–H groups in total. The molecule has 0 spiro atoms. The Morgan fingerprint density at radius 2 is 1.75 bits per heavy atom. The Labute approximate surface area is 204 Å². The van der Waals surface area contributed by atoms with Crippen molar-refractivity contribution in [1.29, 1.82) is 0 Å². The van der Waals surface area contributed by atoms with Crippen molar-refractivity contribution in [3.8, 4) is 17.2 Å². The number of benzene rings is 3. The van der Waals surface area contributed by atoms with Gasteiger partial charge in [0.1, 0.15) is 29.2 Å². The van der Waals surface area contributed by atoms with Gasteiger partial charge in [-0.25, -0.2) is 4.39 Å². The van der Waals surface area contributed by atoms with Crippen molar-refractivity contribution >= 4 is 34.2 Å². The lowest BCUT2D eigenvalue weighted by atomic mass is 10.2. The van der Waals surface area contributed by atoms with Gasteiger partial charge in [0.15, 0.2) is 6.61 Å². The summed E-state index contributed by atoms with van der Waals surface area (Å²) in [5.41, 5.74) is 1.24. The number of hydrogen-bond donors (Lipinski definition) is 1. The van der Waals surface area contributed by atoms with E-state index in [0.717, 1.165) is 12.1 Å². The maximum atomic E-state index is 13.1. The van der Waals surface area contributed by atoms with Crippen molar-refractivity contribution in [2.75, 3.05) is 23.4 Å². The predicted octanol–water partition coefficient (Wildman–Crippen LogP) is 4.87. The maximum Gasteiger partial charge on any atom is 0.262 e. The number of carbonyl (C=O) groups is 2. The molecule has 0 radical (unpaired) electrons. The third-order valence-corrected chi connectivity index (χ3v) is 5.66. The lowest BCUT2D eigenvalue weighted by Crippen LogP contribution is -2.23. The summed E-state index contributed by atoms with van der Waals surface area (Å²) >= 11 is 0. The van der Waals surface area contributed by atoms with Crippen molar-refractivity contribution in [2.24, 2.45) is 0 Å². The molecule has 182 valence electrons. The summed E-state index contributed by atoms with van der Waals surface area (Å²) < 4.78 is 29.6. The fourth-order valence-electron chi connectivity index (χ4n) is 3.87. The fourth-order valence-corrected chi connectivity index (χ4v) is 3.87. The molecule has 1 aromatic heterocycles. The minimum Gasteiger partial charge on any atom is -0.484 e. The van der Waals surface area contributed by atoms with E-state index >= 15 is 0 Å². The van der Waals surface area contributed by atoms with E-state index in [0.29, 0.717) is 30.2 Å². The molecule has 8 nitrogen and oxygen atoms in total. The van der Waals surface area contributed by atoms with Crippen LogP contribution < -0.4 is 25.1 Å². The zero-order valence-electron chi connectivity index (χ0n) is 19.0. The van der Waals surface area contributed by atoms with Gasteiger partial charge >= 0.3 is 0 Å². The van der Waals surface area contributed by atoms with Gasteiger partial charge in [0.2, 0.25) is 17.1 Å². The van der Waals surface area contributed by atoms with Gasteiger partial charge in [0.25, 0.3) is 5.91 Å². The average molecular weight is 488 g/mol. The molecule has 0 saturated carbocycles. The molecule has 4 aromatic rings. The topological polar surface area (TPSA) is 98.1 Å². The van der Waals surface area contributed by atoms with Crippen LogP contribution in [0.4, 0.5) is 15.8 Å². The average Bonchev–Trinajstić information content (AvgIpc) is 3.32. The molecule has 0 bridgehead atoms. The summed E-state index contributed by atoms with van der Waals surface area (Å²) in [6.45, 7) is 0.445. The Morgan fingerprint density at radius 1 is 1.00 bits per heavy atom. The minimum atomic E-state index is -0.415. The first-order valence-corrected chi connectivity index (χ1v) is 11.3. The van der Waals surface area contributed by atoms with E-state index in [1.807, 2.05) is 0 Å². The van der Waals surface area contributed by atoms with Crippen molar-refractivity contribution in [2.45, 2.75) is 12.8 Å². The second kappa shape index (κ2) is 9.91. The normalized spacial score (nSPS) is 13.1. The van der Waals surface area contributed by atoms with Gasteiger partial charge < -0.3 is 24.1 Å². The van der Waals surface area contributed by atoms with Gasteiger partial charge in [0, 0.05) is 30.4 Å². The van der Waals surface area contributed by atoms with E-state index < -0.39 is 11.2 Å². The number of rotatable bonds is 7. The largest absolute Gasteiger partial charge is 0.484 e. The van der Waals surface area contributed by atoms with Crippen LogP contribution in [0.5, 0.6) is 17.2 Å². The molecule has 0 unspecified atom stereocenters. The van der Waals surface area contributed by atoms with Crippen molar-refractivity contribution in [3.05, 3.63) is 89.0 Å². The second-order valence-corrected chi connectivity index (χ2v) is 8.18. The number of ether oxygens (including phenoxy) is 2. The third kappa shape index (κ3) is 5.05. The van der Waals surface area contributed by atoms with Crippen LogP contribution in [0.3, 0.4) is 0 Å². The van der Waals surface area contributed by atoms with Crippen LogP contribution in [0, 0.1) is 5.82 Å². The molecule has 9 heteroatoms. The molecule has 0 aliphatic carbocycles. The molecule has 0 atom stereocenters. The Balaban J connectivity index is 1.20. The molecule has 2 heterocycles. The fraction of sp³-hybridized carbons (Fsp3) is 0.148. The number of halogens is 1. The highest BCUT2D eigenvalue weighted by atomic mass is 19.1. The van der Waals surface area contributed by atoms with Crippen molar-refractivity contribution in [3.63, 3.8) is 0 Å². The van der Waals surface area contributed by atoms with E-state index in [1.165, 1.54) is 42.7 Å². The third-order valence-electron chi connectivity index (χ3n) is 5.66. The summed E-state index contributed by atoms with van der Waals surface area (Å²) in [7, 11) is 0. The first-order valence-electron chi connectivity index (χ1n) is 11.3. The van der Waals surface area contributed by atoms with Crippen LogP contribution in [-0.4, -0.2) is 25.0 Å². The van der Waals surface area contributed by atoms with Crippen molar-refractivity contribution in [1.82, 2.24) is 0 Å². The summed E-state index contributed by atoms with van der Waals surface area (Å²) in [5.74, 6) is -0.0822. The molecule has 2 amide bonds. The minimum absolute atomic E-state index is 0.0396. The molecular weight excluding hydrogens is 467 g/mol. The van der Waals surface area contributed by atoms with Crippen molar-refractivity contribution < 1.29 is 27.9 Å². The number of carbonyl (C=O) groups excluding carboxylic acids is 2. The molecule has 1 aliphatic heterocycles. The number of hydrogen-bond acceptors (Lipinski definition) is 6. The molecule has 3 aromatic carbocycles. The van der Waals surface area contributed by atoms with E-state index in [-0.39, 0.29) is 35.1 Å². The Morgan fingerprint density at radius 3 is 2.47 bits per heavy atom. The molecule has 1 fully saturated rings. The maximum absolute atomic E-state index is 13.1. The zero-order valence-corrected chi connectivity index (χ0v) is 19.0. The Hall–Kier alpha value is -4.66. The van der Waals surface area contributed by atoms with Crippen LogP contribution in [0.2, 0.25) is 0 Å². The number of nitrogens with one attached hydrogen (secondary N) is 1. The van der Waals surface area contributed by atoms with E-state index in [2.05, 4.69) is 5.32 Å². The summed E-state index contributed by atoms with van der Waals surface area (Å²) in [6.07, 6.45) is 2.57. The highest BCUT2D eigenvalue weighted by Crippen LogP contribution is 2.25. The van der Waals surface area contributed by atoms with E-state index in [9.17, 15) is 18.8 Å². The number of fused-ring (bicyclic) bond motifs is 1. The monoisotopic (exact) mass is 488 g/mol. The van der Waals surface area contributed by atoms with Crippen LogP contribution in [-0.2, 0) is 9.59 Å². The smallest absolute Gasteiger partial charge is 0.262 e. The molecule has 5 rings (SSSR count). The van der Waals surface area contributed by atoms with Gasteiger partial charge in [-0.05, 0) is 67.1 Å². The van der Waals surface area contributed by atoms with E-state index in [4.69, 9.17) is 13.9 Å². The van der Waals surface area contributed by atoms with Crippen LogP contribution in [0.1, 0.15) is 12.8 Å². The molecular formula is C27H21FN2O6. The van der Waals surface area contributed by atoms with Crippen LogP contribution >= 0.6 is 0 Å². The number of nitrogens with zero attached hydrogens (tertiary/aromatic N) is 1. The molecule has 36 heavy (non-hydrogen) atoms. The van der Waals surface area contributed by atoms with Crippen LogP contribution in [0.15, 0.2) is 82.2 Å². The second-order valence-electron chi connectivity index (χ2n) is 8.18. The SMILES string of the molecule is O=C(COc1ccc2c(=O)c(Oc3ccc(F)cc3)coc2c1)Nc1ccc(N2CCCC2=O)cc1. The van der Waals surface area contributed by atoms with Gasteiger partial charge in [-0.1, -0.05) is 0 Å². The first kappa shape index (κ1) is 23.1. The highest BCUT2D eigenvalue weighted by Gasteiger charge is 2.21. The standard InChI is InChI=1S/C27H21FN2O6/c28-17-3-9-20(10-4-17)36-24-15-35-23-14-21(11-12-22(23)27(24)33)34-16-25(31)29-18-5-7-19(8-6-18)30-13-1-2-26(30)32/h3-12,14-15H,1-2,13,16H2,(H,29,31). The lowest BCUT2D eigenvalue weighted by molar-refractivity contribution is -0.118. The summed E-state index contributed by atoms with van der Waals surface area (Å²) in [6, 6.07) is 16.9. The summed E-state index contributed by atoms with van der Waals surface area (Å²) in [4.78, 5) is 38.6. The van der Waals surface area contributed by atoms with Gasteiger partial charge in [-0.2, -0.15) is 0 Å². The predicted molar refractivity (Wildman–Crippen MR) is 131 cm³/mol. The van der Waals surface area contributed by atoms with Crippen LogP contribution in [0.25, 0.3) is 11.0 Å². The quantitative estimate of drug-likeness (QED) is 0.399.